The lowest BCUT2D eigenvalue weighted by Crippen LogP contribution is -2.33. The van der Waals surface area contributed by atoms with Crippen LogP contribution in [0.1, 0.15) is 26.5 Å². The van der Waals surface area contributed by atoms with Gasteiger partial charge in [0.05, 0.1) is 11.3 Å². The summed E-state index contributed by atoms with van der Waals surface area (Å²) in [5, 5.41) is 15.7. The average molecular weight is 186 g/mol. The molecule has 0 aromatic carbocycles. The fourth-order valence-corrected chi connectivity index (χ4v) is 1.28. The Balaban J connectivity index is 2.62. The molecule has 1 aromatic heterocycles. The Kier molecular flexibility index (Phi) is 2.80. The van der Waals surface area contributed by atoms with Gasteiger partial charge in [0.2, 0.25) is 0 Å². The summed E-state index contributed by atoms with van der Waals surface area (Å²) >= 11 is 1.32. The molecule has 1 rings (SSSR count). The zero-order valence-corrected chi connectivity index (χ0v) is 8.43. The van der Waals surface area contributed by atoms with Crippen LogP contribution in [0, 0.1) is 5.92 Å². The highest BCUT2D eigenvalue weighted by molar-refractivity contribution is 7.03. The smallest absolute Gasteiger partial charge is 0.0784 e. The predicted molar refractivity (Wildman–Crippen MR) is 49.1 cm³/mol. The van der Waals surface area contributed by atoms with Crippen LogP contribution in [0.4, 0.5) is 0 Å². The Morgan fingerprint density at radius 3 is 2.75 bits per heavy atom. The topological polar surface area (TPSA) is 46.0 Å². The Hall–Kier alpha value is -0.480. The molecular formula is C8H14N2OS. The van der Waals surface area contributed by atoms with Crippen molar-refractivity contribution in [2.24, 2.45) is 5.92 Å². The van der Waals surface area contributed by atoms with Gasteiger partial charge in [-0.25, -0.2) is 0 Å². The van der Waals surface area contributed by atoms with Crippen LogP contribution in [0.5, 0.6) is 0 Å². The quantitative estimate of drug-likeness (QED) is 0.778. The lowest BCUT2D eigenvalue weighted by Gasteiger charge is -2.26. The van der Waals surface area contributed by atoms with Crippen molar-refractivity contribution in [1.29, 1.82) is 0 Å². The van der Waals surface area contributed by atoms with Gasteiger partial charge in [0.25, 0.3) is 0 Å². The van der Waals surface area contributed by atoms with E-state index in [0.717, 1.165) is 5.69 Å². The Bertz CT molecular complexity index is 231. The molecule has 3 nitrogen and oxygen atoms in total. The van der Waals surface area contributed by atoms with Gasteiger partial charge in [-0.3, -0.25) is 0 Å². The van der Waals surface area contributed by atoms with Crippen molar-refractivity contribution >= 4 is 11.5 Å². The van der Waals surface area contributed by atoms with Crippen molar-refractivity contribution in [1.82, 2.24) is 9.59 Å². The van der Waals surface area contributed by atoms with Crippen LogP contribution in [-0.2, 0) is 6.42 Å². The van der Waals surface area contributed by atoms with E-state index in [1.165, 1.54) is 11.5 Å². The molecule has 0 aliphatic rings. The van der Waals surface area contributed by atoms with Crippen LogP contribution in [0.15, 0.2) is 5.38 Å². The van der Waals surface area contributed by atoms with Crippen molar-refractivity contribution in [2.45, 2.75) is 32.8 Å². The highest BCUT2D eigenvalue weighted by Crippen LogP contribution is 2.20. The van der Waals surface area contributed by atoms with Crippen LogP contribution in [0.2, 0.25) is 0 Å². The molecular weight excluding hydrogens is 172 g/mol. The number of nitrogens with zero attached hydrogens (tertiary/aromatic N) is 2. The normalized spacial score (nSPS) is 16.4. The minimum atomic E-state index is -0.671. The van der Waals surface area contributed by atoms with Crippen molar-refractivity contribution in [3.63, 3.8) is 0 Å². The minimum Gasteiger partial charge on any atom is -0.390 e. The molecule has 68 valence electrons. The molecule has 12 heavy (non-hydrogen) atoms. The van der Waals surface area contributed by atoms with Gasteiger partial charge in [0.15, 0.2) is 0 Å². The maximum atomic E-state index is 9.90. The van der Waals surface area contributed by atoms with Gasteiger partial charge >= 0.3 is 0 Å². The number of aromatic nitrogens is 2. The van der Waals surface area contributed by atoms with Crippen molar-refractivity contribution in [3.8, 4) is 0 Å². The second-order valence-corrected chi connectivity index (χ2v) is 4.19. The molecule has 0 bridgehead atoms. The molecule has 0 spiro atoms. The number of hydrogen-bond donors (Lipinski definition) is 1. The predicted octanol–water partition coefficient (Wildman–Crippen LogP) is 1.49. The molecule has 0 fully saturated rings. The molecule has 1 atom stereocenters. The van der Waals surface area contributed by atoms with E-state index in [1.807, 2.05) is 26.2 Å². The van der Waals surface area contributed by atoms with Gasteiger partial charge in [-0.2, -0.15) is 0 Å². The zero-order chi connectivity index (χ0) is 9.19. The highest BCUT2D eigenvalue weighted by Gasteiger charge is 2.25. The third kappa shape index (κ3) is 2.25. The molecule has 0 amide bonds. The first-order chi connectivity index (χ1) is 5.52. The fraction of sp³-hybridized carbons (Fsp3) is 0.750. The van der Waals surface area contributed by atoms with Gasteiger partial charge in [-0.05, 0) is 24.4 Å². The number of aliphatic hydroxyl groups is 1. The zero-order valence-electron chi connectivity index (χ0n) is 7.61. The maximum Gasteiger partial charge on any atom is 0.0784 e. The van der Waals surface area contributed by atoms with E-state index in [4.69, 9.17) is 0 Å². The first-order valence-electron chi connectivity index (χ1n) is 4.00. The first-order valence-corrected chi connectivity index (χ1v) is 4.84. The molecule has 1 N–H and O–H groups in total. The van der Waals surface area contributed by atoms with Crippen LogP contribution < -0.4 is 0 Å². The third-order valence-corrected chi connectivity index (χ3v) is 2.74. The molecule has 4 heteroatoms. The van der Waals surface area contributed by atoms with E-state index in [9.17, 15) is 5.11 Å². The van der Waals surface area contributed by atoms with Gasteiger partial charge in [0.1, 0.15) is 0 Å². The van der Waals surface area contributed by atoms with E-state index < -0.39 is 5.60 Å². The van der Waals surface area contributed by atoms with Crippen molar-refractivity contribution in [3.05, 3.63) is 11.1 Å². The van der Waals surface area contributed by atoms with Crippen molar-refractivity contribution in [2.75, 3.05) is 0 Å². The van der Waals surface area contributed by atoms with Crippen LogP contribution in [0.3, 0.4) is 0 Å². The monoisotopic (exact) mass is 186 g/mol. The minimum absolute atomic E-state index is 0.235. The second kappa shape index (κ2) is 3.49. The molecule has 0 saturated carbocycles. The molecule has 0 saturated heterocycles. The van der Waals surface area contributed by atoms with Crippen molar-refractivity contribution < 1.29 is 5.11 Å². The van der Waals surface area contributed by atoms with Crippen LogP contribution in [-0.4, -0.2) is 20.3 Å². The Labute approximate surface area is 76.6 Å². The summed E-state index contributed by atoms with van der Waals surface area (Å²) in [6.45, 7) is 5.83. The largest absolute Gasteiger partial charge is 0.390 e. The molecule has 0 aliphatic heterocycles. The van der Waals surface area contributed by atoms with E-state index in [1.54, 1.807) is 0 Å². The standard InChI is InChI=1S/C8H14N2OS/c1-6(2)8(3,11)4-7-5-12-10-9-7/h5-6,11H,4H2,1-3H3. The first kappa shape index (κ1) is 9.61. The number of rotatable bonds is 3. The van der Waals surface area contributed by atoms with E-state index in [0.29, 0.717) is 6.42 Å². The van der Waals surface area contributed by atoms with Gasteiger partial charge in [-0.15, -0.1) is 5.10 Å². The maximum absolute atomic E-state index is 9.90. The summed E-state index contributed by atoms with van der Waals surface area (Å²) in [6.07, 6.45) is 0.584. The van der Waals surface area contributed by atoms with Crippen LogP contribution in [0.25, 0.3) is 0 Å². The van der Waals surface area contributed by atoms with E-state index in [-0.39, 0.29) is 5.92 Å². The summed E-state index contributed by atoms with van der Waals surface area (Å²) < 4.78 is 3.75. The molecule has 1 heterocycles. The third-order valence-electron chi connectivity index (χ3n) is 2.19. The highest BCUT2D eigenvalue weighted by atomic mass is 32.1. The van der Waals surface area contributed by atoms with E-state index in [2.05, 4.69) is 9.59 Å². The lowest BCUT2D eigenvalue weighted by atomic mass is 9.88. The summed E-state index contributed by atoms with van der Waals surface area (Å²) in [5.41, 5.74) is 0.203. The SMILES string of the molecule is CC(C)C(C)(O)Cc1csnn1. The summed E-state index contributed by atoms with van der Waals surface area (Å²) in [5.74, 6) is 0.235. The molecule has 0 aliphatic carbocycles. The molecule has 1 aromatic rings. The summed E-state index contributed by atoms with van der Waals surface area (Å²) in [6, 6.07) is 0. The second-order valence-electron chi connectivity index (χ2n) is 3.58. The number of hydrogen-bond acceptors (Lipinski definition) is 4. The molecule has 1 unspecified atom stereocenters. The van der Waals surface area contributed by atoms with Gasteiger partial charge in [0, 0.05) is 11.8 Å². The van der Waals surface area contributed by atoms with Gasteiger partial charge < -0.3 is 5.11 Å². The van der Waals surface area contributed by atoms with Crippen LogP contribution >= 0.6 is 11.5 Å². The fourth-order valence-electron chi connectivity index (χ4n) is 0.832. The summed E-state index contributed by atoms with van der Waals surface area (Å²) in [4.78, 5) is 0. The average Bonchev–Trinajstić information content (AvgIpc) is 2.38. The summed E-state index contributed by atoms with van der Waals surface area (Å²) in [7, 11) is 0. The Morgan fingerprint density at radius 1 is 1.67 bits per heavy atom. The molecule has 0 radical (unpaired) electrons. The van der Waals surface area contributed by atoms with E-state index >= 15 is 0 Å². The lowest BCUT2D eigenvalue weighted by molar-refractivity contribution is 0.0131. The van der Waals surface area contributed by atoms with Gasteiger partial charge in [-0.1, -0.05) is 18.3 Å². The Morgan fingerprint density at radius 2 is 2.33 bits per heavy atom.